The normalized spacial score (nSPS) is 21.5. The smallest absolute Gasteiger partial charge is 0.224 e. The Morgan fingerprint density at radius 3 is 2.57 bits per heavy atom. The maximum Gasteiger partial charge on any atom is 0.224 e. The highest BCUT2D eigenvalue weighted by atomic mass is 19.1. The van der Waals surface area contributed by atoms with Crippen molar-refractivity contribution in [3.05, 3.63) is 12.0 Å². The highest BCUT2D eigenvalue weighted by Gasteiger charge is 2.36. The zero-order chi connectivity index (χ0) is 14.7. The Balaban J connectivity index is 1.70. The SMILES string of the molecule is CCNc1ncc(F)c(N2CCC3(CCCCC3)CC2)n1. The molecule has 0 unspecified atom stereocenters. The van der Waals surface area contributed by atoms with E-state index in [0.717, 1.165) is 19.6 Å². The van der Waals surface area contributed by atoms with Gasteiger partial charge in [0, 0.05) is 19.6 Å². The van der Waals surface area contributed by atoms with Crippen molar-refractivity contribution in [2.75, 3.05) is 29.9 Å². The molecule has 0 atom stereocenters. The molecule has 4 nitrogen and oxygen atoms in total. The summed E-state index contributed by atoms with van der Waals surface area (Å²) in [6.45, 7) is 4.56. The van der Waals surface area contributed by atoms with E-state index in [9.17, 15) is 4.39 Å². The summed E-state index contributed by atoms with van der Waals surface area (Å²) in [6.07, 6.45) is 10.5. The first-order valence-corrected chi connectivity index (χ1v) is 8.24. The monoisotopic (exact) mass is 292 g/mol. The van der Waals surface area contributed by atoms with Gasteiger partial charge in [0.15, 0.2) is 11.6 Å². The molecule has 1 N–H and O–H groups in total. The number of nitrogens with one attached hydrogen (secondary N) is 1. The third kappa shape index (κ3) is 3.11. The molecular formula is C16H25FN4. The molecule has 0 amide bonds. The minimum Gasteiger partial charge on any atom is -0.354 e. The van der Waals surface area contributed by atoms with Crippen LogP contribution in [-0.2, 0) is 0 Å². The molecule has 1 aliphatic heterocycles. The summed E-state index contributed by atoms with van der Waals surface area (Å²) in [5.74, 6) is 0.676. The molecule has 1 aromatic heterocycles. The van der Waals surface area contributed by atoms with Gasteiger partial charge in [-0.3, -0.25) is 0 Å². The zero-order valence-electron chi connectivity index (χ0n) is 12.9. The van der Waals surface area contributed by atoms with E-state index in [4.69, 9.17) is 0 Å². The van der Waals surface area contributed by atoms with E-state index in [1.165, 1.54) is 51.1 Å². The molecule has 0 radical (unpaired) electrons. The molecule has 2 aliphatic rings. The fourth-order valence-corrected chi connectivity index (χ4v) is 3.82. The largest absolute Gasteiger partial charge is 0.354 e. The second-order valence-corrected chi connectivity index (χ2v) is 6.44. The number of piperidine rings is 1. The predicted molar refractivity (Wildman–Crippen MR) is 83.1 cm³/mol. The first-order valence-electron chi connectivity index (χ1n) is 8.24. The van der Waals surface area contributed by atoms with Gasteiger partial charge in [0.25, 0.3) is 0 Å². The van der Waals surface area contributed by atoms with E-state index in [-0.39, 0.29) is 5.82 Å². The molecule has 1 saturated carbocycles. The molecule has 1 aromatic rings. The van der Waals surface area contributed by atoms with Crippen molar-refractivity contribution >= 4 is 11.8 Å². The molecule has 116 valence electrons. The number of anilines is 2. The van der Waals surface area contributed by atoms with E-state index < -0.39 is 0 Å². The number of aromatic nitrogens is 2. The summed E-state index contributed by atoms with van der Waals surface area (Å²) in [6, 6.07) is 0. The van der Waals surface area contributed by atoms with Crippen LogP contribution in [0.4, 0.5) is 16.2 Å². The van der Waals surface area contributed by atoms with Gasteiger partial charge in [0.1, 0.15) is 0 Å². The lowest BCUT2D eigenvalue weighted by molar-refractivity contribution is 0.144. The van der Waals surface area contributed by atoms with Crippen LogP contribution in [0.15, 0.2) is 6.20 Å². The topological polar surface area (TPSA) is 41.1 Å². The summed E-state index contributed by atoms with van der Waals surface area (Å²) in [5.41, 5.74) is 0.531. The summed E-state index contributed by atoms with van der Waals surface area (Å²) in [7, 11) is 0. The summed E-state index contributed by atoms with van der Waals surface area (Å²) in [5, 5.41) is 3.06. The Morgan fingerprint density at radius 2 is 1.90 bits per heavy atom. The molecule has 0 bridgehead atoms. The van der Waals surface area contributed by atoms with Gasteiger partial charge in [0.2, 0.25) is 5.95 Å². The molecule has 1 spiro atoms. The van der Waals surface area contributed by atoms with Crippen molar-refractivity contribution in [3.63, 3.8) is 0 Å². The summed E-state index contributed by atoms with van der Waals surface area (Å²) < 4.78 is 14.0. The van der Waals surface area contributed by atoms with Gasteiger partial charge >= 0.3 is 0 Å². The van der Waals surface area contributed by atoms with Gasteiger partial charge < -0.3 is 10.2 Å². The Kier molecular flexibility index (Phi) is 4.27. The van der Waals surface area contributed by atoms with Crippen molar-refractivity contribution in [3.8, 4) is 0 Å². The van der Waals surface area contributed by atoms with Crippen LogP contribution in [0.5, 0.6) is 0 Å². The van der Waals surface area contributed by atoms with E-state index in [1.54, 1.807) is 0 Å². The van der Waals surface area contributed by atoms with Crippen LogP contribution in [0, 0.1) is 11.2 Å². The van der Waals surface area contributed by atoms with Crippen LogP contribution >= 0.6 is 0 Å². The molecule has 2 heterocycles. The van der Waals surface area contributed by atoms with Crippen molar-refractivity contribution in [2.45, 2.75) is 51.9 Å². The number of hydrogen-bond donors (Lipinski definition) is 1. The minimum atomic E-state index is -0.309. The van der Waals surface area contributed by atoms with E-state index in [1.807, 2.05) is 6.92 Å². The number of halogens is 1. The second kappa shape index (κ2) is 6.16. The van der Waals surface area contributed by atoms with Crippen molar-refractivity contribution in [1.82, 2.24) is 9.97 Å². The van der Waals surface area contributed by atoms with Crippen LogP contribution < -0.4 is 10.2 Å². The van der Waals surface area contributed by atoms with Gasteiger partial charge in [-0.1, -0.05) is 19.3 Å². The standard InChI is InChI=1S/C16H25FN4/c1-2-18-15-19-12-13(17)14(20-15)21-10-8-16(9-11-21)6-4-3-5-7-16/h12H,2-11H2,1H3,(H,18,19,20). The third-order valence-corrected chi connectivity index (χ3v) is 5.10. The van der Waals surface area contributed by atoms with Crippen molar-refractivity contribution in [2.24, 2.45) is 5.41 Å². The first kappa shape index (κ1) is 14.5. The first-order chi connectivity index (χ1) is 10.2. The van der Waals surface area contributed by atoms with Gasteiger partial charge in [-0.2, -0.15) is 4.98 Å². The maximum atomic E-state index is 14.0. The molecule has 0 aromatic carbocycles. The van der Waals surface area contributed by atoms with Gasteiger partial charge in [-0.05, 0) is 38.0 Å². The van der Waals surface area contributed by atoms with Gasteiger partial charge in [-0.25, -0.2) is 9.37 Å². The Hall–Kier alpha value is -1.39. The summed E-state index contributed by atoms with van der Waals surface area (Å²) >= 11 is 0. The fraction of sp³-hybridized carbons (Fsp3) is 0.750. The van der Waals surface area contributed by atoms with Crippen LogP contribution in [0.3, 0.4) is 0 Å². The van der Waals surface area contributed by atoms with Crippen molar-refractivity contribution in [1.29, 1.82) is 0 Å². The molecule has 5 heteroatoms. The van der Waals surface area contributed by atoms with Crippen LogP contribution in [-0.4, -0.2) is 29.6 Å². The van der Waals surface area contributed by atoms with Crippen molar-refractivity contribution < 1.29 is 4.39 Å². The average molecular weight is 292 g/mol. The highest BCUT2D eigenvalue weighted by molar-refractivity contribution is 5.44. The summed E-state index contributed by atoms with van der Waals surface area (Å²) in [4.78, 5) is 10.4. The quantitative estimate of drug-likeness (QED) is 0.924. The molecule has 21 heavy (non-hydrogen) atoms. The average Bonchev–Trinajstić information content (AvgIpc) is 2.51. The Labute approximate surface area is 126 Å². The van der Waals surface area contributed by atoms with E-state index in [0.29, 0.717) is 17.2 Å². The third-order valence-electron chi connectivity index (χ3n) is 5.10. The zero-order valence-corrected chi connectivity index (χ0v) is 12.9. The molecule has 1 aliphatic carbocycles. The number of hydrogen-bond acceptors (Lipinski definition) is 4. The lowest BCUT2D eigenvalue weighted by Crippen LogP contribution is -2.41. The van der Waals surface area contributed by atoms with Crippen LogP contribution in [0.1, 0.15) is 51.9 Å². The van der Waals surface area contributed by atoms with Crippen LogP contribution in [0.2, 0.25) is 0 Å². The molecule has 1 saturated heterocycles. The van der Waals surface area contributed by atoms with Crippen LogP contribution in [0.25, 0.3) is 0 Å². The Morgan fingerprint density at radius 1 is 1.19 bits per heavy atom. The number of nitrogens with zero attached hydrogens (tertiary/aromatic N) is 3. The molecule has 2 fully saturated rings. The lowest BCUT2D eigenvalue weighted by Gasteiger charge is -2.44. The van der Waals surface area contributed by atoms with E-state index in [2.05, 4.69) is 20.2 Å². The lowest BCUT2D eigenvalue weighted by atomic mass is 9.68. The molecule has 3 rings (SSSR count). The second-order valence-electron chi connectivity index (χ2n) is 6.44. The Bertz CT molecular complexity index is 475. The fourth-order valence-electron chi connectivity index (χ4n) is 3.82. The minimum absolute atomic E-state index is 0.309. The van der Waals surface area contributed by atoms with Gasteiger partial charge in [0.05, 0.1) is 6.20 Å². The van der Waals surface area contributed by atoms with Gasteiger partial charge in [-0.15, -0.1) is 0 Å². The maximum absolute atomic E-state index is 14.0. The predicted octanol–water partition coefficient (Wildman–Crippen LogP) is 3.60. The highest BCUT2D eigenvalue weighted by Crippen LogP contribution is 2.45. The van der Waals surface area contributed by atoms with E-state index >= 15 is 0 Å². The number of rotatable bonds is 3. The molecular weight excluding hydrogens is 267 g/mol.